The molecule has 0 fully saturated rings. The summed E-state index contributed by atoms with van der Waals surface area (Å²) in [5.74, 6) is 2.70. The van der Waals surface area contributed by atoms with Gasteiger partial charge in [-0.2, -0.15) is 0 Å². The molecule has 0 spiro atoms. The number of hydrogen-bond acceptors (Lipinski definition) is 1. The van der Waals surface area contributed by atoms with Crippen LogP contribution in [-0.2, 0) is 6.42 Å². The Morgan fingerprint density at radius 2 is 2.06 bits per heavy atom. The van der Waals surface area contributed by atoms with Crippen LogP contribution in [0.25, 0.3) is 0 Å². The van der Waals surface area contributed by atoms with Gasteiger partial charge in [0.05, 0.1) is 0 Å². The van der Waals surface area contributed by atoms with E-state index in [1.807, 2.05) is 7.05 Å². The van der Waals surface area contributed by atoms with Crippen LogP contribution < -0.4 is 5.32 Å². The van der Waals surface area contributed by atoms with Crippen LogP contribution in [0.15, 0.2) is 18.2 Å². The lowest BCUT2D eigenvalue weighted by molar-refractivity contribution is 0.506. The van der Waals surface area contributed by atoms with Crippen LogP contribution in [0.1, 0.15) is 36.0 Å². The van der Waals surface area contributed by atoms with E-state index >= 15 is 0 Å². The third-order valence-corrected chi connectivity index (χ3v) is 3.34. The maximum atomic E-state index is 5.27. The third kappa shape index (κ3) is 4.63. The van der Waals surface area contributed by atoms with Gasteiger partial charge in [0.15, 0.2) is 0 Å². The second kappa shape index (κ2) is 7.14. The van der Waals surface area contributed by atoms with Gasteiger partial charge in [0, 0.05) is 12.5 Å². The van der Waals surface area contributed by atoms with Crippen LogP contribution in [-0.4, -0.2) is 13.1 Å². The molecule has 0 aliphatic rings. The summed E-state index contributed by atoms with van der Waals surface area (Å²) in [6.45, 7) is 4.33. The van der Waals surface area contributed by atoms with Gasteiger partial charge in [0.1, 0.15) is 0 Å². The van der Waals surface area contributed by atoms with Crippen LogP contribution in [0.5, 0.6) is 0 Å². The Kier molecular flexibility index (Phi) is 5.80. The molecule has 1 unspecified atom stereocenters. The summed E-state index contributed by atoms with van der Waals surface area (Å²) in [5, 5.41) is 3.37. The Labute approximate surface area is 106 Å². The first-order valence-electron chi connectivity index (χ1n) is 6.34. The van der Waals surface area contributed by atoms with Crippen LogP contribution in [0.2, 0.25) is 0 Å². The Hall–Kier alpha value is -1.26. The van der Waals surface area contributed by atoms with Crippen LogP contribution in [0.3, 0.4) is 0 Å². The fourth-order valence-electron chi connectivity index (χ4n) is 2.01. The molecule has 92 valence electrons. The first kappa shape index (κ1) is 13.8. The normalized spacial score (nSPS) is 12.1. The van der Waals surface area contributed by atoms with E-state index in [0.717, 1.165) is 25.7 Å². The molecular formula is C16H23N. The Morgan fingerprint density at radius 3 is 2.65 bits per heavy atom. The van der Waals surface area contributed by atoms with Gasteiger partial charge in [-0.25, -0.2) is 0 Å². The fourth-order valence-corrected chi connectivity index (χ4v) is 2.01. The highest BCUT2D eigenvalue weighted by Gasteiger charge is 2.07. The van der Waals surface area contributed by atoms with Crippen LogP contribution in [0.4, 0.5) is 0 Å². The van der Waals surface area contributed by atoms with Gasteiger partial charge >= 0.3 is 0 Å². The second-order valence-electron chi connectivity index (χ2n) is 4.70. The summed E-state index contributed by atoms with van der Waals surface area (Å²) in [4.78, 5) is 0. The highest BCUT2D eigenvalue weighted by molar-refractivity contribution is 5.30. The molecule has 1 aromatic carbocycles. The van der Waals surface area contributed by atoms with Crippen molar-refractivity contribution >= 4 is 0 Å². The summed E-state index contributed by atoms with van der Waals surface area (Å²) in [5.41, 5.74) is 4.15. The van der Waals surface area contributed by atoms with Gasteiger partial charge in [0.25, 0.3) is 0 Å². The topological polar surface area (TPSA) is 12.0 Å². The van der Waals surface area contributed by atoms with Gasteiger partial charge in [-0.05, 0) is 56.8 Å². The fraction of sp³-hybridized carbons (Fsp3) is 0.500. The number of unbranched alkanes of at least 4 members (excludes halogenated alkanes) is 1. The molecule has 1 rings (SSSR count). The Balaban J connectivity index is 2.55. The van der Waals surface area contributed by atoms with Crippen molar-refractivity contribution in [1.82, 2.24) is 5.32 Å². The largest absolute Gasteiger partial charge is 0.317 e. The standard InChI is InChI=1S/C16H23N/c1-5-6-7-8-16(17-4)12-15-10-9-13(2)14(3)11-15/h1,9-11,16-17H,6-8,12H2,2-4H3. The molecule has 17 heavy (non-hydrogen) atoms. The lowest BCUT2D eigenvalue weighted by Gasteiger charge is -2.16. The molecule has 0 heterocycles. The molecule has 1 nitrogen and oxygen atoms in total. The number of rotatable bonds is 6. The van der Waals surface area contributed by atoms with E-state index in [-0.39, 0.29) is 0 Å². The molecule has 0 aliphatic carbocycles. The van der Waals surface area contributed by atoms with E-state index < -0.39 is 0 Å². The number of hydrogen-bond donors (Lipinski definition) is 1. The second-order valence-corrected chi connectivity index (χ2v) is 4.70. The van der Waals surface area contributed by atoms with E-state index in [9.17, 15) is 0 Å². The molecule has 1 aromatic rings. The lowest BCUT2D eigenvalue weighted by atomic mass is 9.98. The van der Waals surface area contributed by atoms with Crippen molar-refractivity contribution in [3.63, 3.8) is 0 Å². The minimum absolute atomic E-state index is 0.533. The molecule has 0 saturated carbocycles. The predicted molar refractivity (Wildman–Crippen MR) is 75.2 cm³/mol. The average molecular weight is 229 g/mol. The maximum absolute atomic E-state index is 5.27. The zero-order valence-electron chi connectivity index (χ0n) is 11.2. The molecule has 0 saturated heterocycles. The molecule has 0 bridgehead atoms. The van der Waals surface area contributed by atoms with E-state index in [4.69, 9.17) is 6.42 Å². The minimum atomic E-state index is 0.533. The van der Waals surface area contributed by atoms with Gasteiger partial charge < -0.3 is 5.32 Å². The van der Waals surface area contributed by atoms with Crippen LogP contribution in [0, 0.1) is 26.2 Å². The van der Waals surface area contributed by atoms with Crippen molar-refractivity contribution < 1.29 is 0 Å². The highest BCUT2D eigenvalue weighted by atomic mass is 14.9. The zero-order chi connectivity index (χ0) is 12.7. The van der Waals surface area contributed by atoms with Gasteiger partial charge in [0.2, 0.25) is 0 Å². The Morgan fingerprint density at radius 1 is 1.29 bits per heavy atom. The summed E-state index contributed by atoms with van der Waals surface area (Å²) in [6.07, 6.45) is 9.49. The maximum Gasteiger partial charge on any atom is 0.0105 e. The number of terminal acetylenes is 1. The monoisotopic (exact) mass is 229 g/mol. The summed E-state index contributed by atoms with van der Waals surface area (Å²) in [6, 6.07) is 7.26. The Bertz CT molecular complexity index is 387. The van der Waals surface area contributed by atoms with E-state index in [2.05, 4.69) is 43.3 Å². The quantitative estimate of drug-likeness (QED) is 0.583. The molecule has 0 aliphatic heterocycles. The van der Waals surface area contributed by atoms with E-state index in [1.165, 1.54) is 16.7 Å². The molecule has 0 aromatic heterocycles. The molecule has 0 amide bonds. The number of likely N-dealkylation sites (N-methyl/N-ethyl adjacent to an activating group) is 1. The number of nitrogens with one attached hydrogen (secondary N) is 1. The number of benzene rings is 1. The van der Waals surface area contributed by atoms with Gasteiger partial charge in [-0.15, -0.1) is 12.3 Å². The molecule has 1 N–H and O–H groups in total. The van der Waals surface area contributed by atoms with Crippen molar-refractivity contribution in [1.29, 1.82) is 0 Å². The average Bonchev–Trinajstić information content (AvgIpc) is 2.32. The van der Waals surface area contributed by atoms with Gasteiger partial charge in [-0.1, -0.05) is 18.2 Å². The number of aryl methyl sites for hydroxylation is 2. The van der Waals surface area contributed by atoms with Crippen molar-refractivity contribution in [2.45, 2.75) is 45.6 Å². The third-order valence-electron chi connectivity index (χ3n) is 3.34. The molecular weight excluding hydrogens is 206 g/mol. The van der Waals surface area contributed by atoms with Crippen molar-refractivity contribution in [2.75, 3.05) is 7.05 Å². The van der Waals surface area contributed by atoms with E-state index in [0.29, 0.717) is 6.04 Å². The van der Waals surface area contributed by atoms with Crippen molar-refractivity contribution in [3.8, 4) is 12.3 Å². The summed E-state index contributed by atoms with van der Waals surface area (Å²) < 4.78 is 0. The van der Waals surface area contributed by atoms with Crippen LogP contribution >= 0.6 is 0 Å². The first-order valence-corrected chi connectivity index (χ1v) is 6.34. The predicted octanol–water partition coefficient (Wildman–Crippen LogP) is 3.24. The minimum Gasteiger partial charge on any atom is -0.317 e. The molecule has 0 radical (unpaired) electrons. The summed E-state index contributed by atoms with van der Waals surface area (Å²) >= 11 is 0. The van der Waals surface area contributed by atoms with Gasteiger partial charge in [-0.3, -0.25) is 0 Å². The molecule has 1 atom stereocenters. The smallest absolute Gasteiger partial charge is 0.0105 e. The highest BCUT2D eigenvalue weighted by Crippen LogP contribution is 2.13. The van der Waals surface area contributed by atoms with E-state index in [1.54, 1.807) is 0 Å². The lowest BCUT2D eigenvalue weighted by Crippen LogP contribution is -2.27. The van der Waals surface area contributed by atoms with Crippen molar-refractivity contribution in [3.05, 3.63) is 34.9 Å². The molecule has 1 heteroatoms. The SMILES string of the molecule is C#CCCCC(Cc1ccc(C)c(C)c1)NC. The van der Waals surface area contributed by atoms with Crippen molar-refractivity contribution in [2.24, 2.45) is 0 Å². The first-order chi connectivity index (χ1) is 8.17. The zero-order valence-corrected chi connectivity index (χ0v) is 11.2. The summed E-state index contributed by atoms with van der Waals surface area (Å²) in [7, 11) is 2.03.